The van der Waals surface area contributed by atoms with Crippen LogP contribution >= 0.6 is 23.5 Å². The predicted molar refractivity (Wildman–Crippen MR) is 111 cm³/mol. The first kappa shape index (κ1) is 20.6. The summed E-state index contributed by atoms with van der Waals surface area (Å²) in [6.45, 7) is 8.08. The summed E-state index contributed by atoms with van der Waals surface area (Å²) in [5, 5.41) is 3.13. The van der Waals surface area contributed by atoms with Crippen LogP contribution in [0.4, 0.5) is 5.69 Å². The number of aryl methyl sites for hydroxylation is 2. The van der Waals surface area contributed by atoms with E-state index in [2.05, 4.69) is 22.2 Å². The maximum absolute atomic E-state index is 12.6. The van der Waals surface area contributed by atoms with E-state index < -0.39 is 0 Å². The fraction of sp³-hybridized carbons (Fsp3) is 0.421. The zero-order valence-electron chi connectivity index (χ0n) is 15.6. The summed E-state index contributed by atoms with van der Waals surface area (Å²) in [7, 11) is 0. The van der Waals surface area contributed by atoms with Crippen molar-refractivity contribution in [1.82, 2.24) is 9.97 Å². The summed E-state index contributed by atoms with van der Waals surface area (Å²) in [6.07, 6.45) is 0.638. The van der Waals surface area contributed by atoms with Crippen LogP contribution in [0.2, 0.25) is 0 Å². The first-order valence-corrected chi connectivity index (χ1v) is 10.7. The number of rotatable bonds is 8. The Hall–Kier alpha value is -1.73. The molecule has 2 N–H and O–H groups in total. The average molecular weight is 392 g/mol. The van der Waals surface area contributed by atoms with Crippen molar-refractivity contribution in [2.24, 2.45) is 0 Å². The fourth-order valence-electron chi connectivity index (χ4n) is 2.32. The maximum atomic E-state index is 12.6. The first-order chi connectivity index (χ1) is 12.4. The Bertz CT molecular complexity index is 821. The molecule has 0 aliphatic carbocycles. The lowest BCUT2D eigenvalue weighted by Gasteiger charge is -2.15. The second-order valence-electron chi connectivity index (χ2n) is 5.98. The van der Waals surface area contributed by atoms with Gasteiger partial charge in [0.2, 0.25) is 5.91 Å². The lowest BCUT2D eigenvalue weighted by atomic mass is 10.1. The van der Waals surface area contributed by atoms with Crippen LogP contribution in [-0.4, -0.2) is 26.9 Å². The number of benzene rings is 1. The van der Waals surface area contributed by atoms with Gasteiger partial charge in [-0.3, -0.25) is 9.59 Å². The summed E-state index contributed by atoms with van der Waals surface area (Å²) >= 11 is 3.01. The summed E-state index contributed by atoms with van der Waals surface area (Å²) in [4.78, 5) is 31.7. The molecule has 1 aromatic heterocycles. The van der Waals surface area contributed by atoms with Crippen LogP contribution in [0.25, 0.3) is 0 Å². The molecular weight excluding hydrogens is 366 g/mol. The molecule has 1 atom stereocenters. The third-order valence-electron chi connectivity index (χ3n) is 3.92. The number of aromatic amines is 1. The van der Waals surface area contributed by atoms with Gasteiger partial charge in [0.1, 0.15) is 0 Å². The molecule has 0 saturated heterocycles. The van der Waals surface area contributed by atoms with Crippen molar-refractivity contribution >= 4 is 35.1 Å². The highest BCUT2D eigenvalue weighted by atomic mass is 32.2. The van der Waals surface area contributed by atoms with Crippen molar-refractivity contribution in [3.63, 3.8) is 0 Å². The van der Waals surface area contributed by atoms with Gasteiger partial charge in [-0.25, -0.2) is 4.98 Å². The molecule has 1 amide bonds. The number of hydrogen-bond acceptors (Lipinski definition) is 5. The molecule has 0 aliphatic rings. The monoisotopic (exact) mass is 391 g/mol. The lowest BCUT2D eigenvalue weighted by molar-refractivity contribution is -0.115. The molecule has 1 heterocycles. The largest absolute Gasteiger partial charge is 0.325 e. The van der Waals surface area contributed by atoms with Gasteiger partial charge in [0.05, 0.1) is 10.9 Å². The van der Waals surface area contributed by atoms with Gasteiger partial charge in [-0.2, -0.15) is 11.8 Å². The third kappa shape index (κ3) is 5.92. The smallest absolute Gasteiger partial charge is 0.251 e. The number of aromatic nitrogens is 2. The number of carbonyl (C=O) groups excluding carboxylic acids is 1. The van der Waals surface area contributed by atoms with Crippen LogP contribution in [0.5, 0.6) is 0 Å². The molecule has 0 fully saturated rings. The van der Waals surface area contributed by atoms with Crippen molar-refractivity contribution in [3.05, 3.63) is 51.4 Å². The Balaban J connectivity index is 2.10. The van der Waals surface area contributed by atoms with E-state index in [4.69, 9.17) is 0 Å². The number of hydrogen-bond donors (Lipinski definition) is 2. The number of amides is 1. The lowest BCUT2D eigenvalue weighted by Crippen LogP contribution is -2.25. The Kier molecular flexibility index (Phi) is 7.78. The van der Waals surface area contributed by atoms with E-state index in [0.717, 1.165) is 22.7 Å². The molecule has 26 heavy (non-hydrogen) atoms. The van der Waals surface area contributed by atoms with Gasteiger partial charge in [0, 0.05) is 17.5 Å². The van der Waals surface area contributed by atoms with E-state index in [0.29, 0.717) is 17.3 Å². The van der Waals surface area contributed by atoms with Crippen LogP contribution in [0.3, 0.4) is 0 Å². The van der Waals surface area contributed by atoms with E-state index in [-0.39, 0.29) is 16.7 Å². The van der Waals surface area contributed by atoms with Gasteiger partial charge in [-0.1, -0.05) is 31.7 Å². The Labute approximate surface area is 162 Å². The van der Waals surface area contributed by atoms with Gasteiger partial charge >= 0.3 is 0 Å². The average Bonchev–Trinajstić information content (AvgIpc) is 2.60. The van der Waals surface area contributed by atoms with Crippen LogP contribution in [0.15, 0.2) is 34.2 Å². The number of anilines is 1. The second-order valence-corrected chi connectivity index (χ2v) is 8.45. The molecule has 0 aliphatic heterocycles. The van der Waals surface area contributed by atoms with Crippen molar-refractivity contribution in [3.8, 4) is 0 Å². The maximum Gasteiger partial charge on any atom is 0.251 e. The minimum absolute atomic E-state index is 0.0864. The molecule has 140 valence electrons. The quantitative estimate of drug-likeness (QED) is 0.522. The van der Waals surface area contributed by atoms with Crippen molar-refractivity contribution < 1.29 is 4.79 Å². The highest BCUT2D eigenvalue weighted by Gasteiger charge is 2.20. The van der Waals surface area contributed by atoms with E-state index in [9.17, 15) is 9.59 Å². The van der Waals surface area contributed by atoms with Crippen LogP contribution in [0, 0.1) is 13.8 Å². The van der Waals surface area contributed by atoms with Gasteiger partial charge in [-0.15, -0.1) is 0 Å². The van der Waals surface area contributed by atoms with Gasteiger partial charge in [0.25, 0.3) is 5.56 Å². The molecule has 2 rings (SSSR count). The zero-order chi connectivity index (χ0) is 19.1. The van der Waals surface area contributed by atoms with Gasteiger partial charge < -0.3 is 10.3 Å². The molecule has 0 saturated carbocycles. The number of nitrogens with zero attached hydrogens (tertiary/aromatic N) is 1. The van der Waals surface area contributed by atoms with E-state index in [1.807, 2.05) is 39.0 Å². The normalized spacial score (nSPS) is 12.0. The summed E-state index contributed by atoms with van der Waals surface area (Å²) < 4.78 is 0. The minimum Gasteiger partial charge on any atom is -0.325 e. The molecule has 0 radical (unpaired) electrons. The summed E-state index contributed by atoms with van der Waals surface area (Å²) in [5.74, 6) is 1.57. The van der Waals surface area contributed by atoms with Crippen molar-refractivity contribution in [2.45, 2.75) is 50.3 Å². The Morgan fingerprint density at radius 1 is 1.23 bits per heavy atom. The highest BCUT2D eigenvalue weighted by molar-refractivity contribution is 8.00. The van der Waals surface area contributed by atoms with E-state index in [1.54, 1.807) is 11.8 Å². The SMILES string of the molecule is CCSCc1cc(=O)[nH]c(SC(CC)C(=O)Nc2ccc(C)c(C)c2)n1. The highest BCUT2D eigenvalue weighted by Crippen LogP contribution is 2.24. The van der Waals surface area contributed by atoms with E-state index in [1.165, 1.54) is 23.4 Å². The van der Waals surface area contributed by atoms with Crippen LogP contribution in [0.1, 0.15) is 37.1 Å². The van der Waals surface area contributed by atoms with Crippen LogP contribution in [-0.2, 0) is 10.5 Å². The molecule has 0 bridgehead atoms. The molecule has 1 unspecified atom stereocenters. The molecule has 7 heteroatoms. The summed E-state index contributed by atoms with van der Waals surface area (Å²) in [5.41, 5.74) is 3.67. The standard InChI is InChI=1S/C19H25N3O2S2/c1-5-16(18(24)20-14-8-7-12(3)13(4)9-14)26-19-21-15(11-25-6-2)10-17(23)22-19/h7-10,16H,5-6,11H2,1-4H3,(H,20,24)(H,21,22,23). The summed E-state index contributed by atoms with van der Waals surface area (Å²) in [6, 6.07) is 7.38. The molecule has 5 nitrogen and oxygen atoms in total. The predicted octanol–water partition coefficient (Wildman–Crippen LogP) is 4.15. The van der Waals surface area contributed by atoms with Crippen molar-refractivity contribution in [1.29, 1.82) is 0 Å². The van der Waals surface area contributed by atoms with Crippen LogP contribution < -0.4 is 10.9 Å². The molecular formula is C19H25N3O2S2. The topological polar surface area (TPSA) is 74.8 Å². The fourth-order valence-corrected chi connectivity index (χ4v) is 3.81. The Morgan fingerprint density at radius 2 is 2.00 bits per heavy atom. The number of carbonyl (C=O) groups is 1. The minimum atomic E-state index is -0.325. The molecule has 1 aromatic carbocycles. The van der Waals surface area contributed by atoms with Gasteiger partial charge in [-0.05, 0) is 49.3 Å². The zero-order valence-corrected chi connectivity index (χ0v) is 17.2. The molecule has 2 aromatic rings. The number of thioether (sulfide) groups is 2. The third-order valence-corrected chi connectivity index (χ3v) is 6.08. The Morgan fingerprint density at radius 3 is 2.65 bits per heavy atom. The van der Waals surface area contributed by atoms with Gasteiger partial charge in [0.15, 0.2) is 5.16 Å². The number of H-pyrrole nitrogens is 1. The van der Waals surface area contributed by atoms with Crippen molar-refractivity contribution in [2.75, 3.05) is 11.1 Å². The second kappa shape index (κ2) is 9.83. The first-order valence-electron chi connectivity index (χ1n) is 8.65. The number of nitrogens with one attached hydrogen (secondary N) is 2. The van der Waals surface area contributed by atoms with E-state index >= 15 is 0 Å². The molecule has 0 spiro atoms.